The van der Waals surface area contributed by atoms with Gasteiger partial charge in [0.15, 0.2) is 0 Å². The molecule has 0 aromatic heterocycles. The molecule has 2 rings (SSSR count). The van der Waals surface area contributed by atoms with Gasteiger partial charge in [-0.25, -0.2) is 0 Å². The maximum atomic E-state index is 6.37. The van der Waals surface area contributed by atoms with Gasteiger partial charge in [0.2, 0.25) is 0 Å². The smallest absolute Gasteiger partial charge is 0.0604 e. The molecular formula is C15H28O. The van der Waals surface area contributed by atoms with E-state index in [1.54, 1.807) is 0 Å². The van der Waals surface area contributed by atoms with Crippen LogP contribution < -0.4 is 0 Å². The van der Waals surface area contributed by atoms with E-state index < -0.39 is 0 Å². The summed E-state index contributed by atoms with van der Waals surface area (Å²) in [6.45, 7) is 4.79. The van der Waals surface area contributed by atoms with Crippen molar-refractivity contribution in [1.82, 2.24) is 0 Å². The van der Waals surface area contributed by atoms with Crippen molar-refractivity contribution in [2.75, 3.05) is 0 Å². The van der Waals surface area contributed by atoms with E-state index in [9.17, 15) is 0 Å². The average molecular weight is 224 g/mol. The maximum absolute atomic E-state index is 6.37. The molecule has 2 fully saturated rings. The van der Waals surface area contributed by atoms with Crippen molar-refractivity contribution in [3.63, 3.8) is 0 Å². The van der Waals surface area contributed by atoms with Crippen molar-refractivity contribution in [2.45, 2.75) is 83.8 Å². The molecule has 0 aromatic rings. The summed E-state index contributed by atoms with van der Waals surface area (Å²) >= 11 is 0. The largest absolute Gasteiger partial charge is 0.375 e. The predicted molar refractivity (Wildman–Crippen MR) is 68.5 cm³/mol. The average Bonchev–Trinajstić information content (AvgIpc) is 2.46. The number of ether oxygens (including phenoxy) is 1. The van der Waals surface area contributed by atoms with Gasteiger partial charge in [-0.3, -0.25) is 0 Å². The lowest BCUT2D eigenvalue weighted by molar-refractivity contribution is -0.0567. The first-order valence-corrected chi connectivity index (χ1v) is 7.41. The Morgan fingerprint density at radius 3 is 2.19 bits per heavy atom. The SMILES string of the molecule is CC1CCC(C)C(OC2CCCCC2)CC1. The molecule has 2 aliphatic rings. The van der Waals surface area contributed by atoms with Crippen molar-refractivity contribution in [2.24, 2.45) is 11.8 Å². The van der Waals surface area contributed by atoms with Crippen molar-refractivity contribution < 1.29 is 4.74 Å². The molecule has 0 aliphatic heterocycles. The number of rotatable bonds is 2. The summed E-state index contributed by atoms with van der Waals surface area (Å²) in [5.74, 6) is 1.70. The fourth-order valence-corrected chi connectivity index (χ4v) is 3.26. The Morgan fingerprint density at radius 1 is 0.750 bits per heavy atom. The van der Waals surface area contributed by atoms with E-state index in [2.05, 4.69) is 13.8 Å². The number of hydrogen-bond donors (Lipinski definition) is 0. The van der Waals surface area contributed by atoms with E-state index in [0.29, 0.717) is 12.2 Å². The molecule has 0 spiro atoms. The standard InChI is InChI=1S/C15H28O/c1-12-8-10-13(2)15(11-9-12)16-14-6-4-3-5-7-14/h12-15H,3-11H2,1-2H3. The van der Waals surface area contributed by atoms with Gasteiger partial charge in [0.05, 0.1) is 12.2 Å². The Morgan fingerprint density at radius 2 is 1.44 bits per heavy atom. The third kappa shape index (κ3) is 3.48. The third-order valence-corrected chi connectivity index (χ3v) is 4.61. The molecule has 0 amide bonds. The van der Waals surface area contributed by atoms with Gasteiger partial charge < -0.3 is 4.74 Å². The first kappa shape index (κ1) is 12.4. The molecule has 2 aliphatic carbocycles. The first-order chi connectivity index (χ1) is 7.75. The van der Waals surface area contributed by atoms with E-state index in [0.717, 1.165) is 11.8 Å². The lowest BCUT2D eigenvalue weighted by atomic mass is 9.95. The van der Waals surface area contributed by atoms with Crippen LogP contribution in [0.4, 0.5) is 0 Å². The molecule has 3 unspecified atom stereocenters. The van der Waals surface area contributed by atoms with Crippen LogP contribution in [-0.2, 0) is 4.74 Å². The van der Waals surface area contributed by atoms with E-state index in [4.69, 9.17) is 4.74 Å². The van der Waals surface area contributed by atoms with Crippen LogP contribution in [0.15, 0.2) is 0 Å². The van der Waals surface area contributed by atoms with Crippen LogP contribution >= 0.6 is 0 Å². The van der Waals surface area contributed by atoms with Crippen LogP contribution in [0, 0.1) is 11.8 Å². The van der Waals surface area contributed by atoms with Crippen LogP contribution in [0.3, 0.4) is 0 Å². The minimum atomic E-state index is 0.563. The summed E-state index contributed by atoms with van der Waals surface area (Å²) in [4.78, 5) is 0. The highest BCUT2D eigenvalue weighted by atomic mass is 16.5. The Kier molecular flexibility index (Phi) is 4.69. The molecule has 0 saturated heterocycles. The molecular weight excluding hydrogens is 196 g/mol. The summed E-state index contributed by atoms with van der Waals surface area (Å²) in [6.07, 6.45) is 13.5. The van der Waals surface area contributed by atoms with Crippen LogP contribution in [0.2, 0.25) is 0 Å². The molecule has 0 radical (unpaired) electrons. The van der Waals surface area contributed by atoms with Crippen molar-refractivity contribution in [1.29, 1.82) is 0 Å². The van der Waals surface area contributed by atoms with E-state index in [-0.39, 0.29) is 0 Å². The normalized spacial score (nSPS) is 38.2. The molecule has 16 heavy (non-hydrogen) atoms. The monoisotopic (exact) mass is 224 g/mol. The highest BCUT2D eigenvalue weighted by Gasteiger charge is 2.26. The van der Waals surface area contributed by atoms with Gasteiger partial charge in [0.25, 0.3) is 0 Å². The predicted octanol–water partition coefficient (Wildman–Crippen LogP) is 4.55. The Bertz CT molecular complexity index is 196. The second kappa shape index (κ2) is 6.05. The van der Waals surface area contributed by atoms with Crippen molar-refractivity contribution in [3.05, 3.63) is 0 Å². The van der Waals surface area contributed by atoms with Gasteiger partial charge >= 0.3 is 0 Å². The molecule has 0 N–H and O–H groups in total. The van der Waals surface area contributed by atoms with Crippen LogP contribution in [0.1, 0.15) is 71.6 Å². The van der Waals surface area contributed by atoms with Crippen LogP contribution in [0.25, 0.3) is 0 Å². The van der Waals surface area contributed by atoms with Crippen LogP contribution in [0.5, 0.6) is 0 Å². The van der Waals surface area contributed by atoms with Gasteiger partial charge in [0.1, 0.15) is 0 Å². The second-order valence-corrected chi connectivity index (χ2v) is 6.17. The van der Waals surface area contributed by atoms with Gasteiger partial charge in [-0.05, 0) is 43.9 Å². The maximum Gasteiger partial charge on any atom is 0.0604 e. The summed E-state index contributed by atoms with van der Waals surface area (Å²) in [5.41, 5.74) is 0. The van der Waals surface area contributed by atoms with Crippen LogP contribution in [-0.4, -0.2) is 12.2 Å². The fourth-order valence-electron chi connectivity index (χ4n) is 3.26. The molecule has 1 nitrogen and oxygen atoms in total. The lowest BCUT2D eigenvalue weighted by Crippen LogP contribution is -2.28. The molecule has 0 heterocycles. The zero-order chi connectivity index (χ0) is 11.4. The van der Waals surface area contributed by atoms with Gasteiger partial charge in [-0.1, -0.05) is 39.5 Å². The van der Waals surface area contributed by atoms with E-state index in [1.807, 2.05) is 0 Å². The highest BCUT2D eigenvalue weighted by Crippen LogP contribution is 2.31. The quantitative estimate of drug-likeness (QED) is 0.625. The van der Waals surface area contributed by atoms with Crippen molar-refractivity contribution >= 4 is 0 Å². The van der Waals surface area contributed by atoms with Crippen molar-refractivity contribution in [3.8, 4) is 0 Å². The summed E-state index contributed by atoms with van der Waals surface area (Å²) in [7, 11) is 0. The Balaban J connectivity index is 1.81. The summed E-state index contributed by atoms with van der Waals surface area (Å²) in [6, 6.07) is 0. The van der Waals surface area contributed by atoms with Gasteiger partial charge in [0, 0.05) is 0 Å². The molecule has 3 atom stereocenters. The van der Waals surface area contributed by atoms with E-state index in [1.165, 1.54) is 57.8 Å². The molecule has 0 bridgehead atoms. The topological polar surface area (TPSA) is 9.23 Å². The summed E-state index contributed by atoms with van der Waals surface area (Å²) in [5, 5.41) is 0. The summed E-state index contributed by atoms with van der Waals surface area (Å²) < 4.78 is 6.37. The zero-order valence-corrected chi connectivity index (χ0v) is 11.1. The molecule has 1 heteroatoms. The van der Waals surface area contributed by atoms with Gasteiger partial charge in [-0.15, -0.1) is 0 Å². The zero-order valence-electron chi connectivity index (χ0n) is 11.1. The number of hydrogen-bond acceptors (Lipinski definition) is 1. The lowest BCUT2D eigenvalue weighted by Gasteiger charge is -2.30. The Labute approximate surface area is 101 Å². The Hall–Kier alpha value is -0.0400. The first-order valence-electron chi connectivity index (χ1n) is 7.41. The minimum absolute atomic E-state index is 0.563. The minimum Gasteiger partial charge on any atom is -0.375 e. The third-order valence-electron chi connectivity index (χ3n) is 4.61. The van der Waals surface area contributed by atoms with E-state index >= 15 is 0 Å². The van der Waals surface area contributed by atoms with Gasteiger partial charge in [-0.2, -0.15) is 0 Å². The fraction of sp³-hybridized carbons (Fsp3) is 1.00. The highest BCUT2D eigenvalue weighted by molar-refractivity contribution is 4.76. The molecule has 94 valence electrons. The molecule has 2 saturated carbocycles. The second-order valence-electron chi connectivity index (χ2n) is 6.17. The molecule has 0 aromatic carbocycles.